The molecule has 0 aliphatic carbocycles. The summed E-state index contributed by atoms with van der Waals surface area (Å²) in [6, 6.07) is 18.9. The molecule has 1 heterocycles. The molecule has 0 radical (unpaired) electrons. The minimum absolute atomic E-state index is 0.163. The number of nitrogens with two attached hydrogens (primary N) is 1. The van der Waals surface area contributed by atoms with E-state index in [1.165, 1.54) is 5.56 Å². The van der Waals surface area contributed by atoms with Crippen LogP contribution in [0.5, 0.6) is 0 Å². The van der Waals surface area contributed by atoms with Crippen molar-refractivity contribution >= 4 is 17.3 Å². The third kappa shape index (κ3) is 5.66. The van der Waals surface area contributed by atoms with Gasteiger partial charge in [0.15, 0.2) is 0 Å². The highest BCUT2D eigenvalue weighted by Crippen LogP contribution is 2.18. The number of hydrogen-bond donors (Lipinski definition) is 3. The van der Waals surface area contributed by atoms with E-state index in [4.69, 9.17) is 5.73 Å². The van der Waals surface area contributed by atoms with Gasteiger partial charge in [-0.15, -0.1) is 0 Å². The van der Waals surface area contributed by atoms with Gasteiger partial charge in [0.05, 0.1) is 11.4 Å². The van der Waals surface area contributed by atoms with Crippen LogP contribution in [-0.4, -0.2) is 17.4 Å². The first-order chi connectivity index (χ1) is 13.2. The van der Waals surface area contributed by atoms with Crippen molar-refractivity contribution in [2.45, 2.75) is 19.4 Å². The fraction of sp³-hybridized carbons (Fsp3) is 0.182. The van der Waals surface area contributed by atoms with Crippen LogP contribution in [-0.2, 0) is 13.0 Å². The van der Waals surface area contributed by atoms with Crippen molar-refractivity contribution < 1.29 is 4.79 Å². The average molecular weight is 360 g/mol. The van der Waals surface area contributed by atoms with E-state index in [0.29, 0.717) is 16.9 Å². The molecule has 1 aromatic heterocycles. The lowest BCUT2D eigenvalue weighted by Crippen LogP contribution is -2.16. The molecule has 0 saturated carbocycles. The van der Waals surface area contributed by atoms with Gasteiger partial charge in [-0.05, 0) is 60.8 Å². The quantitative estimate of drug-likeness (QED) is 0.423. The molecule has 3 aromatic rings. The number of rotatable bonds is 8. The van der Waals surface area contributed by atoms with Gasteiger partial charge in [0.1, 0.15) is 0 Å². The van der Waals surface area contributed by atoms with Crippen molar-refractivity contribution in [2.24, 2.45) is 0 Å². The summed E-state index contributed by atoms with van der Waals surface area (Å²) in [7, 11) is 0. The number of nitrogens with one attached hydrogen (secondary N) is 2. The Morgan fingerprint density at radius 2 is 1.78 bits per heavy atom. The Balaban J connectivity index is 1.43. The van der Waals surface area contributed by atoms with Crippen molar-refractivity contribution in [3.05, 3.63) is 89.7 Å². The number of nitrogen functional groups attached to an aromatic ring is 1. The first-order valence-electron chi connectivity index (χ1n) is 9.07. The van der Waals surface area contributed by atoms with Crippen LogP contribution in [0.1, 0.15) is 27.9 Å². The zero-order chi connectivity index (χ0) is 18.9. The van der Waals surface area contributed by atoms with Gasteiger partial charge in [-0.1, -0.05) is 30.3 Å². The van der Waals surface area contributed by atoms with E-state index in [1.807, 2.05) is 48.7 Å². The number of benzene rings is 2. The van der Waals surface area contributed by atoms with Gasteiger partial charge in [0, 0.05) is 24.5 Å². The van der Waals surface area contributed by atoms with Gasteiger partial charge >= 0.3 is 0 Å². The lowest BCUT2D eigenvalue weighted by molar-refractivity contribution is 0.102. The Hall–Kier alpha value is -3.18. The Morgan fingerprint density at radius 3 is 2.52 bits per heavy atom. The molecule has 0 saturated heterocycles. The molecule has 2 aromatic carbocycles. The highest BCUT2D eigenvalue weighted by Gasteiger charge is 2.07. The number of hydrogen-bond acceptors (Lipinski definition) is 4. The van der Waals surface area contributed by atoms with Crippen LogP contribution in [0.15, 0.2) is 73.1 Å². The fourth-order valence-electron chi connectivity index (χ4n) is 2.78. The SMILES string of the molecule is Nc1ccccc1NC(=O)c1ccc(CNCCCc2cccnc2)cc1. The van der Waals surface area contributed by atoms with E-state index in [1.54, 1.807) is 18.3 Å². The first-order valence-corrected chi connectivity index (χ1v) is 9.07. The second-order valence-electron chi connectivity index (χ2n) is 6.38. The zero-order valence-corrected chi connectivity index (χ0v) is 15.2. The average Bonchev–Trinajstić information content (AvgIpc) is 2.71. The van der Waals surface area contributed by atoms with Crippen molar-refractivity contribution in [3.63, 3.8) is 0 Å². The molecular weight excluding hydrogens is 336 g/mol. The number of nitrogens with zero attached hydrogens (tertiary/aromatic N) is 1. The van der Waals surface area contributed by atoms with Gasteiger partial charge in [-0.25, -0.2) is 0 Å². The van der Waals surface area contributed by atoms with Crippen LogP contribution in [0.25, 0.3) is 0 Å². The van der Waals surface area contributed by atoms with Crippen LogP contribution >= 0.6 is 0 Å². The predicted octanol–water partition coefficient (Wildman–Crippen LogP) is 3.64. The van der Waals surface area contributed by atoms with Crippen molar-refractivity contribution in [1.82, 2.24) is 10.3 Å². The van der Waals surface area contributed by atoms with E-state index >= 15 is 0 Å². The second-order valence-corrected chi connectivity index (χ2v) is 6.38. The van der Waals surface area contributed by atoms with Gasteiger partial charge in [-0.2, -0.15) is 0 Å². The molecule has 0 bridgehead atoms. The topological polar surface area (TPSA) is 80.0 Å². The number of aromatic nitrogens is 1. The van der Waals surface area contributed by atoms with Gasteiger partial charge in [0.25, 0.3) is 5.91 Å². The normalized spacial score (nSPS) is 10.5. The first kappa shape index (κ1) is 18.6. The Bertz CT molecular complexity index is 863. The number of para-hydroxylation sites is 2. The van der Waals surface area contributed by atoms with E-state index in [9.17, 15) is 4.79 Å². The maximum Gasteiger partial charge on any atom is 0.255 e. The molecule has 5 nitrogen and oxygen atoms in total. The van der Waals surface area contributed by atoms with Gasteiger partial charge in [-0.3, -0.25) is 9.78 Å². The number of pyridine rings is 1. The highest BCUT2D eigenvalue weighted by molar-refractivity contribution is 6.05. The summed E-state index contributed by atoms with van der Waals surface area (Å²) < 4.78 is 0. The summed E-state index contributed by atoms with van der Waals surface area (Å²) in [5.74, 6) is -0.163. The fourth-order valence-corrected chi connectivity index (χ4v) is 2.78. The number of carbonyl (C=O) groups is 1. The summed E-state index contributed by atoms with van der Waals surface area (Å²) in [6.45, 7) is 1.71. The zero-order valence-electron chi connectivity index (χ0n) is 15.2. The second kappa shape index (κ2) is 9.50. The maximum absolute atomic E-state index is 12.3. The lowest BCUT2D eigenvalue weighted by atomic mass is 10.1. The molecule has 138 valence electrons. The molecule has 1 amide bonds. The molecule has 0 spiro atoms. The summed E-state index contributed by atoms with van der Waals surface area (Å²) in [5, 5.41) is 6.27. The van der Waals surface area contributed by atoms with Crippen LogP contribution < -0.4 is 16.4 Å². The Morgan fingerprint density at radius 1 is 0.963 bits per heavy atom. The smallest absolute Gasteiger partial charge is 0.255 e. The number of anilines is 2. The summed E-state index contributed by atoms with van der Waals surface area (Å²) in [4.78, 5) is 16.4. The number of aryl methyl sites for hydroxylation is 1. The van der Waals surface area contributed by atoms with Crippen LogP contribution in [0.3, 0.4) is 0 Å². The Kier molecular flexibility index (Phi) is 6.55. The lowest BCUT2D eigenvalue weighted by Gasteiger charge is -2.09. The standard InChI is InChI=1S/C22H24N4O/c23-20-7-1-2-8-21(20)26-22(27)19-11-9-18(10-12-19)16-25-14-4-6-17-5-3-13-24-15-17/h1-3,5,7-13,15,25H,4,6,14,16,23H2,(H,26,27). The third-order valence-electron chi connectivity index (χ3n) is 4.30. The molecule has 0 aliphatic rings. The minimum atomic E-state index is -0.163. The monoisotopic (exact) mass is 360 g/mol. The van der Waals surface area contributed by atoms with E-state index in [-0.39, 0.29) is 5.91 Å². The van der Waals surface area contributed by atoms with Gasteiger partial charge in [0.2, 0.25) is 0 Å². The molecule has 0 aliphatic heterocycles. The molecule has 3 rings (SSSR count). The molecule has 5 heteroatoms. The van der Waals surface area contributed by atoms with Crippen LogP contribution in [0, 0.1) is 0 Å². The number of carbonyl (C=O) groups excluding carboxylic acids is 1. The summed E-state index contributed by atoms with van der Waals surface area (Å²) in [5.41, 5.74) is 10.1. The summed E-state index contributed by atoms with van der Waals surface area (Å²) in [6.07, 6.45) is 5.78. The Labute approximate surface area is 159 Å². The van der Waals surface area contributed by atoms with Crippen molar-refractivity contribution in [1.29, 1.82) is 0 Å². The minimum Gasteiger partial charge on any atom is -0.397 e. The molecule has 0 unspecified atom stereocenters. The maximum atomic E-state index is 12.3. The van der Waals surface area contributed by atoms with Gasteiger partial charge < -0.3 is 16.4 Å². The molecular formula is C22H24N4O. The van der Waals surface area contributed by atoms with Crippen LogP contribution in [0.2, 0.25) is 0 Å². The van der Waals surface area contributed by atoms with E-state index in [0.717, 1.165) is 31.5 Å². The van der Waals surface area contributed by atoms with Crippen LogP contribution in [0.4, 0.5) is 11.4 Å². The molecule has 0 fully saturated rings. The van der Waals surface area contributed by atoms with E-state index in [2.05, 4.69) is 21.7 Å². The third-order valence-corrected chi connectivity index (χ3v) is 4.30. The van der Waals surface area contributed by atoms with Crippen molar-refractivity contribution in [3.8, 4) is 0 Å². The predicted molar refractivity (Wildman–Crippen MR) is 110 cm³/mol. The largest absolute Gasteiger partial charge is 0.397 e. The molecule has 27 heavy (non-hydrogen) atoms. The van der Waals surface area contributed by atoms with Crippen molar-refractivity contribution in [2.75, 3.05) is 17.6 Å². The highest BCUT2D eigenvalue weighted by atomic mass is 16.1. The number of amides is 1. The molecule has 0 atom stereocenters. The molecule has 4 N–H and O–H groups in total. The van der Waals surface area contributed by atoms with E-state index < -0.39 is 0 Å². The summed E-state index contributed by atoms with van der Waals surface area (Å²) >= 11 is 0.